The average Bonchev–Trinajstić information content (AvgIpc) is 2.05. The summed E-state index contributed by atoms with van der Waals surface area (Å²) in [6.07, 6.45) is 0.694. The number of aliphatic hydroxyl groups excluding tert-OH is 1. The Morgan fingerprint density at radius 1 is 1.31 bits per heavy atom. The number of nitrogens with two attached hydrogens (primary N) is 1. The Balaban J connectivity index is 4.44. The van der Waals surface area contributed by atoms with Crippen molar-refractivity contribution in [3.63, 3.8) is 0 Å². The minimum atomic E-state index is -0.289. The maximum atomic E-state index is 10.1. The Morgan fingerprint density at radius 3 is 2.00 bits per heavy atom. The smallest absolute Gasteiger partial charge is 0.0633 e. The van der Waals surface area contributed by atoms with E-state index >= 15 is 0 Å². The Kier molecular flexibility index (Phi) is 4.93. The van der Waals surface area contributed by atoms with E-state index in [1.807, 2.05) is 0 Å². The molecule has 13 heavy (non-hydrogen) atoms. The van der Waals surface area contributed by atoms with Crippen molar-refractivity contribution in [2.75, 3.05) is 6.54 Å². The number of aliphatic hydroxyl groups is 1. The fraction of sp³-hybridized carbons (Fsp3) is 1.00. The third-order valence-corrected chi connectivity index (χ3v) is 3.25. The molecule has 2 nitrogen and oxygen atoms in total. The van der Waals surface area contributed by atoms with Crippen molar-refractivity contribution in [1.82, 2.24) is 0 Å². The van der Waals surface area contributed by atoms with E-state index in [9.17, 15) is 5.11 Å². The van der Waals surface area contributed by atoms with Crippen LogP contribution in [0.1, 0.15) is 41.0 Å². The number of hydrogen-bond donors (Lipinski definition) is 2. The van der Waals surface area contributed by atoms with Gasteiger partial charge < -0.3 is 10.8 Å². The standard InChI is InChI=1S/C11H25NO/c1-6-11(4,5)10(13)9(7-12)8(2)3/h8-10,13H,6-7,12H2,1-5H3. The molecule has 0 amide bonds. The lowest BCUT2D eigenvalue weighted by molar-refractivity contribution is -0.0138. The van der Waals surface area contributed by atoms with E-state index in [1.54, 1.807) is 0 Å². The summed E-state index contributed by atoms with van der Waals surface area (Å²) >= 11 is 0. The quantitative estimate of drug-likeness (QED) is 0.691. The van der Waals surface area contributed by atoms with E-state index in [2.05, 4.69) is 34.6 Å². The van der Waals surface area contributed by atoms with Crippen LogP contribution in [0, 0.1) is 17.3 Å². The van der Waals surface area contributed by atoms with Crippen molar-refractivity contribution in [3.05, 3.63) is 0 Å². The number of hydrogen-bond acceptors (Lipinski definition) is 2. The van der Waals surface area contributed by atoms with Gasteiger partial charge in [0.25, 0.3) is 0 Å². The zero-order chi connectivity index (χ0) is 10.6. The van der Waals surface area contributed by atoms with E-state index in [1.165, 1.54) is 0 Å². The minimum absolute atomic E-state index is 0.0195. The molecule has 0 spiro atoms. The summed E-state index contributed by atoms with van der Waals surface area (Å²) in [6.45, 7) is 11.1. The van der Waals surface area contributed by atoms with Crippen molar-refractivity contribution in [2.24, 2.45) is 23.0 Å². The molecule has 2 heteroatoms. The van der Waals surface area contributed by atoms with Crippen LogP contribution >= 0.6 is 0 Å². The Morgan fingerprint density at radius 2 is 1.77 bits per heavy atom. The average molecular weight is 187 g/mol. The lowest BCUT2D eigenvalue weighted by atomic mass is 9.74. The molecule has 0 aromatic heterocycles. The zero-order valence-electron chi connectivity index (χ0n) is 9.67. The second-order valence-electron chi connectivity index (χ2n) is 4.93. The van der Waals surface area contributed by atoms with E-state index in [4.69, 9.17) is 5.73 Å². The molecule has 0 fully saturated rings. The lowest BCUT2D eigenvalue weighted by Gasteiger charge is -2.36. The van der Waals surface area contributed by atoms with Gasteiger partial charge in [-0.3, -0.25) is 0 Å². The van der Waals surface area contributed by atoms with Gasteiger partial charge in [0.2, 0.25) is 0 Å². The molecule has 0 aromatic carbocycles. The van der Waals surface area contributed by atoms with Gasteiger partial charge in [-0.25, -0.2) is 0 Å². The van der Waals surface area contributed by atoms with Gasteiger partial charge in [0.15, 0.2) is 0 Å². The van der Waals surface area contributed by atoms with Crippen molar-refractivity contribution in [3.8, 4) is 0 Å². The van der Waals surface area contributed by atoms with E-state index in [0.717, 1.165) is 6.42 Å². The molecule has 0 heterocycles. The summed E-state index contributed by atoms with van der Waals surface area (Å²) < 4.78 is 0. The molecule has 0 aliphatic rings. The van der Waals surface area contributed by atoms with Crippen molar-refractivity contribution in [1.29, 1.82) is 0 Å². The molecule has 0 aliphatic heterocycles. The van der Waals surface area contributed by atoms with Crippen molar-refractivity contribution in [2.45, 2.75) is 47.1 Å². The van der Waals surface area contributed by atoms with Gasteiger partial charge in [-0.15, -0.1) is 0 Å². The zero-order valence-corrected chi connectivity index (χ0v) is 9.67. The Bertz CT molecular complexity index is 143. The van der Waals surface area contributed by atoms with Gasteiger partial charge in [-0.05, 0) is 30.2 Å². The largest absolute Gasteiger partial charge is 0.392 e. The monoisotopic (exact) mass is 187 g/mol. The topological polar surface area (TPSA) is 46.2 Å². The SMILES string of the molecule is CCC(C)(C)C(O)C(CN)C(C)C. The van der Waals surface area contributed by atoms with Crippen LogP contribution in [-0.4, -0.2) is 17.8 Å². The fourth-order valence-electron chi connectivity index (χ4n) is 1.55. The molecule has 2 unspecified atom stereocenters. The van der Waals surface area contributed by atoms with Gasteiger partial charge in [0.05, 0.1) is 6.10 Å². The van der Waals surface area contributed by atoms with Crippen molar-refractivity contribution >= 4 is 0 Å². The Labute approximate surface area is 82.5 Å². The highest BCUT2D eigenvalue weighted by Gasteiger charge is 2.33. The molecule has 0 bridgehead atoms. The van der Waals surface area contributed by atoms with Crippen LogP contribution in [0.15, 0.2) is 0 Å². The van der Waals surface area contributed by atoms with Crippen LogP contribution in [0.3, 0.4) is 0 Å². The first kappa shape index (κ1) is 12.9. The third kappa shape index (κ3) is 3.28. The third-order valence-electron chi connectivity index (χ3n) is 3.25. The second-order valence-corrected chi connectivity index (χ2v) is 4.93. The summed E-state index contributed by atoms with van der Waals surface area (Å²) in [5.74, 6) is 0.667. The normalized spacial score (nSPS) is 17.5. The fourth-order valence-corrected chi connectivity index (χ4v) is 1.55. The first-order chi connectivity index (χ1) is 5.86. The predicted molar refractivity (Wildman–Crippen MR) is 57.5 cm³/mol. The summed E-state index contributed by atoms with van der Waals surface area (Å²) in [4.78, 5) is 0. The van der Waals surface area contributed by atoms with Crippen LogP contribution < -0.4 is 5.73 Å². The molecule has 0 rings (SSSR count). The Hall–Kier alpha value is -0.0800. The van der Waals surface area contributed by atoms with Crippen LogP contribution in [0.2, 0.25) is 0 Å². The lowest BCUT2D eigenvalue weighted by Crippen LogP contribution is -2.41. The minimum Gasteiger partial charge on any atom is -0.392 e. The number of rotatable bonds is 5. The van der Waals surface area contributed by atoms with Crippen LogP contribution in [0.4, 0.5) is 0 Å². The summed E-state index contributed by atoms with van der Waals surface area (Å²) in [5, 5.41) is 10.1. The van der Waals surface area contributed by atoms with E-state index < -0.39 is 0 Å². The molecule has 0 saturated carbocycles. The van der Waals surface area contributed by atoms with E-state index in [0.29, 0.717) is 12.5 Å². The molecule has 2 atom stereocenters. The molecular formula is C11H25NO. The highest BCUT2D eigenvalue weighted by Crippen LogP contribution is 2.32. The first-order valence-electron chi connectivity index (χ1n) is 5.25. The maximum Gasteiger partial charge on any atom is 0.0633 e. The summed E-state index contributed by atoms with van der Waals surface area (Å²) in [7, 11) is 0. The molecule has 3 N–H and O–H groups in total. The molecule has 0 aromatic rings. The molecule has 0 saturated heterocycles. The molecule has 0 radical (unpaired) electrons. The maximum absolute atomic E-state index is 10.1. The second kappa shape index (κ2) is 4.97. The van der Waals surface area contributed by atoms with Gasteiger partial charge >= 0.3 is 0 Å². The molecule has 0 aliphatic carbocycles. The van der Waals surface area contributed by atoms with Gasteiger partial charge in [-0.1, -0.05) is 34.6 Å². The van der Waals surface area contributed by atoms with Crippen LogP contribution in [0.25, 0.3) is 0 Å². The van der Waals surface area contributed by atoms with Crippen LogP contribution in [0.5, 0.6) is 0 Å². The highest BCUT2D eigenvalue weighted by atomic mass is 16.3. The summed E-state index contributed by atoms with van der Waals surface area (Å²) in [6, 6.07) is 0. The van der Waals surface area contributed by atoms with Gasteiger partial charge in [0, 0.05) is 0 Å². The van der Waals surface area contributed by atoms with Gasteiger partial charge in [0.1, 0.15) is 0 Å². The van der Waals surface area contributed by atoms with Crippen LogP contribution in [-0.2, 0) is 0 Å². The van der Waals surface area contributed by atoms with E-state index in [-0.39, 0.29) is 17.4 Å². The van der Waals surface area contributed by atoms with Crippen molar-refractivity contribution < 1.29 is 5.11 Å². The first-order valence-corrected chi connectivity index (χ1v) is 5.25. The summed E-state index contributed by atoms with van der Waals surface area (Å²) in [5.41, 5.74) is 5.65. The van der Waals surface area contributed by atoms with Gasteiger partial charge in [-0.2, -0.15) is 0 Å². The molecule has 80 valence electrons. The molecular weight excluding hydrogens is 162 g/mol. The predicted octanol–water partition coefficient (Wildman–Crippen LogP) is 2.01. The highest BCUT2D eigenvalue weighted by molar-refractivity contribution is 4.84.